The van der Waals surface area contributed by atoms with Crippen LogP contribution >= 0.6 is 0 Å². The molecule has 1 aromatic carbocycles. The van der Waals surface area contributed by atoms with Crippen LogP contribution in [0.25, 0.3) is 10.9 Å². The molecule has 3 rings (SSSR count). The van der Waals surface area contributed by atoms with Gasteiger partial charge in [0, 0.05) is 17.8 Å². The number of benzene rings is 1. The van der Waals surface area contributed by atoms with Gasteiger partial charge in [-0.1, -0.05) is 6.07 Å². The van der Waals surface area contributed by atoms with Gasteiger partial charge in [0.15, 0.2) is 0 Å². The highest BCUT2D eigenvalue weighted by molar-refractivity contribution is 6.00. The van der Waals surface area contributed by atoms with Gasteiger partial charge in [0.25, 0.3) is 0 Å². The van der Waals surface area contributed by atoms with Crippen LogP contribution in [0, 0.1) is 0 Å². The SMILES string of the molecule is Nc1cnn(CC(=O)Nc2cccc3ncccc23)c1. The van der Waals surface area contributed by atoms with Crippen LogP contribution in [0.3, 0.4) is 0 Å². The third kappa shape index (κ3) is 2.44. The molecule has 0 bridgehead atoms. The van der Waals surface area contributed by atoms with E-state index in [2.05, 4.69) is 15.4 Å². The van der Waals surface area contributed by atoms with Crippen LogP contribution in [0.2, 0.25) is 0 Å². The van der Waals surface area contributed by atoms with Gasteiger partial charge in [-0.2, -0.15) is 5.10 Å². The molecule has 0 fully saturated rings. The Hall–Kier alpha value is -2.89. The summed E-state index contributed by atoms with van der Waals surface area (Å²) in [5.41, 5.74) is 7.67. The Morgan fingerprint density at radius 2 is 2.20 bits per heavy atom. The number of nitrogens with zero attached hydrogens (tertiary/aromatic N) is 3. The van der Waals surface area contributed by atoms with Crippen molar-refractivity contribution in [1.29, 1.82) is 0 Å². The molecule has 100 valence electrons. The molecule has 3 aromatic rings. The van der Waals surface area contributed by atoms with E-state index in [9.17, 15) is 4.79 Å². The molecule has 6 heteroatoms. The second kappa shape index (κ2) is 5.00. The third-order valence-electron chi connectivity index (χ3n) is 2.88. The van der Waals surface area contributed by atoms with Crippen LogP contribution in [0.4, 0.5) is 11.4 Å². The largest absolute Gasteiger partial charge is 0.396 e. The first-order valence-corrected chi connectivity index (χ1v) is 6.14. The summed E-state index contributed by atoms with van der Waals surface area (Å²) in [6.07, 6.45) is 4.85. The molecular weight excluding hydrogens is 254 g/mol. The minimum Gasteiger partial charge on any atom is -0.396 e. The average Bonchev–Trinajstić information content (AvgIpc) is 2.84. The lowest BCUT2D eigenvalue weighted by molar-refractivity contribution is -0.116. The summed E-state index contributed by atoms with van der Waals surface area (Å²) in [4.78, 5) is 16.3. The van der Waals surface area contributed by atoms with E-state index in [1.54, 1.807) is 12.4 Å². The van der Waals surface area contributed by atoms with Crippen molar-refractivity contribution in [3.63, 3.8) is 0 Å². The average molecular weight is 267 g/mol. The fraction of sp³-hybridized carbons (Fsp3) is 0.0714. The molecule has 0 atom stereocenters. The molecule has 0 unspecified atom stereocenters. The number of hydrogen-bond donors (Lipinski definition) is 2. The van der Waals surface area contributed by atoms with Gasteiger partial charge in [0.2, 0.25) is 5.91 Å². The number of fused-ring (bicyclic) bond motifs is 1. The van der Waals surface area contributed by atoms with Gasteiger partial charge in [-0.15, -0.1) is 0 Å². The van der Waals surface area contributed by atoms with Crippen LogP contribution in [0.5, 0.6) is 0 Å². The summed E-state index contributed by atoms with van der Waals surface area (Å²) < 4.78 is 1.49. The molecular formula is C14H13N5O. The van der Waals surface area contributed by atoms with Gasteiger partial charge in [-0.25, -0.2) is 0 Å². The van der Waals surface area contributed by atoms with Crippen LogP contribution < -0.4 is 11.1 Å². The van der Waals surface area contributed by atoms with E-state index in [0.29, 0.717) is 5.69 Å². The fourth-order valence-electron chi connectivity index (χ4n) is 2.02. The normalized spacial score (nSPS) is 10.6. The van der Waals surface area contributed by atoms with E-state index in [1.807, 2.05) is 30.3 Å². The number of anilines is 2. The number of amides is 1. The van der Waals surface area contributed by atoms with Crippen molar-refractivity contribution < 1.29 is 4.79 Å². The lowest BCUT2D eigenvalue weighted by atomic mass is 10.2. The number of pyridine rings is 1. The van der Waals surface area contributed by atoms with E-state index < -0.39 is 0 Å². The predicted octanol–water partition coefficient (Wildman–Crippen LogP) is 1.65. The highest BCUT2D eigenvalue weighted by atomic mass is 16.2. The Morgan fingerprint density at radius 3 is 3.00 bits per heavy atom. The van der Waals surface area contributed by atoms with E-state index in [4.69, 9.17) is 5.73 Å². The number of carbonyl (C=O) groups excluding carboxylic acids is 1. The van der Waals surface area contributed by atoms with Crippen LogP contribution in [-0.2, 0) is 11.3 Å². The number of nitrogen functional groups attached to an aromatic ring is 1. The quantitative estimate of drug-likeness (QED) is 0.755. The Morgan fingerprint density at radius 1 is 1.30 bits per heavy atom. The summed E-state index contributed by atoms with van der Waals surface area (Å²) in [5, 5.41) is 7.75. The van der Waals surface area contributed by atoms with Crippen molar-refractivity contribution in [3.8, 4) is 0 Å². The Balaban J connectivity index is 1.81. The number of hydrogen-bond acceptors (Lipinski definition) is 4. The molecule has 0 spiro atoms. The second-order valence-corrected chi connectivity index (χ2v) is 4.40. The molecule has 1 amide bonds. The molecule has 20 heavy (non-hydrogen) atoms. The summed E-state index contributed by atoms with van der Waals surface area (Å²) >= 11 is 0. The maximum Gasteiger partial charge on any atom is 0.246 e. The summed E-state index contributed by atoms with van der Waals surface area (Å²) in [6.45, 7) is 0.119. The first kappa shape index (κ1) is 12.2. The molecule has 0 aliphatic carbocycles. The Labute approximate surface area is 115 Å². The van der Waals surface area contributed by atoms with E-state index in [0.717, 1.165) is 16.6 Å². The maximum absolute atomic E-state index is 12.0. The number of carbonyl (C=O) groups is 1. The summed E-state index contributed by atoms with van der Waals surface area (Å²) in [7, 11) is 0. The van der Waals surface area contributed by atoms with Gasteiger partial charge in [-0.3, -0.25) is 14.5 Å². The lowest BCUT2D eigenvalue weighted by Gasteiger charge is -2.08. The molecule has 0 saturated carbocycles. The number of nitrogens with two attached hydrogens (primary N) is 1. The van der Waals surface area contributed by atoms with Crippen molar-refractivity contribution >= 4 is 28.2 Å². The standard InChI is InChI=1S/C14H13N5O/c15-10-7-17-19(8-10)9-14(20)18-13-5-1-4-12-11(13)3-2-6-16-12/h1-8H,9,15H2,(H,18,20). The van der Waals surface area contributed by atoms with Gasteiger partial charge < -0.3 is 11.1 Å². The lowest BCUT2D eigenvalue weighted by Crippen LogP contribution is -2.19. The maximum atomic E-state index is 12.0. The van der Waals surface area contributed by atoms with Crippen LogP contribution in [0.15, 0.2) is 48.9 Å². The van der Waals surface area contributed by atoms with Crippen LogP contribution in [-0.4, -0.2) is 20.7 Å². The molecule has 0 radical (unpaired) electrons. The van der Waals surface area contributed by atoms with Crippen molar-refractivity contribution in [1.82, 2.24) is 14.8 Å². The monoisotopic (exact) mass is 267 g/mol. The van der Waals surface area contributed by atoms with Gasteiger partial charge in [0.1, 0.15) is 6.54 Å². The molecule has 2 heterocycles. The highest BCUT2D eigenvalue weighted by Gasteiger charge is 2.07. The Bertz CT molecular complexity index is 760. The van der Waals surface area contributed by atoms with Crippen molar-refractivity contribution in [3.05, 3.63) is 48.9 Å². The molecule has 0 aliphatic heterocycles. The first-order chi connectivity index (χ1) is 9.72. The number of rotatable bonds is 3. The number of aromatic nitrogens is 3. The van der Waals surface area contributed by atoms with Crippen molar-refractivity contribution in [2.24, 2.45) is 0 Å². The smallest absolute Gasteiger partial charge is 0.246 e. The minimum absolute atomic E-state index is 0.119. The third-order valence-corrected chi connectivity index (χ3v) is 2.88. The highest BCUT2D eigenvalue weighted by Crippen LogP contribution is 2.21. The molecule has 3 N–H and O–H groups in total. The second-order valence-electron chi connectivity index (χ2n) is 4.40. The summed E-state index contributed by atoms with van der Waals surface area (Å²) in [6, 6.07) is 9.37. The molecule has 0 saturated heterocycles. The fourth-order valence-corrected chi connectivity index (χ4v) is 2.02. The zero-order valence-electron chi connectivity index (χ0n) is 10.7. The summed E-state index contributed by atoms with van der Waals surface area (Å²) in [5.74, 6) is -0.163. The van der Waals surface area contributed by atoms with Gasteiger partial charge >= 0.3 is 0 Å². The van der Waals surface area contributed by atoms with Crippen molar-refractivity contribution in [2.45, 2.75) is 6.54 Å². The number of nitrogens with one attached hydrogen (secondary N) is 1. The topological polar surface area (TPSA) is 85.8 Å². The van der Waals surface area contributed by atoms with Gasteiger partial charge in [0.05, 0.1) is 23.1 Å². The molecule has 2 aromatic heterocycles. The predicted molar refractivity (Wildman–Crippen MR) is 77.0 cm³/mol. The van der Waals surface area contributed by atoms with Crippen molar-refractivity contribution in [2.75, 3.05) is 11.1 Å². The Kier molecular flexibility index (Phi) is 3.04. The van der Waals surface area contributed by atoms with E-state index >= 15 is 0 Å². The zero-order valence-corrected chi connectivity index (χ0v) is 10.7. The molecule has 6 nitrogen and oxygen atoms in total. The zero-order chi connectivity index (χ0) is 13.9. The van der Waals surface area contributed by atoms with E-state index in [-0.39, 0.29) is 12.5 Å². The van der Waals surface area contributed by atoms with Gasteiger partial charge in [-0.05, 0) is 24.3 Å². The molecule has 0 aliphatic rings. The van der Waals surface area contributed by atoms with E-state index in [1.165, 1.54) is 10.9 Å². The van der Waals surface area contributed by atoms with Crippen LogP contribution in [0.1, 0.15) is 0 Å². The first-order valence-electron chi connectivity index (χ1n) is 6.14. The minimum atomic E-state index is -0.163.